The first-order chi connectivity index (χ1) is 6.81. The van der Waals surface area contributed by atoms with Crippen LogP contribution in [0.1, 0.15) is 5.56 Å². The first-order valence-corrected chi connectivity index (χ1v) is 5.92. The number of benzene rings is 1. The van der Waals surface area contributed by atoms with Crippen LogP contribution in [0.2, 0.25) is 0 Å². The molecule has 0 amide bonds. The maximum atomic E-state index is 4.06. The first kappa shape index (κ1) is 9.86. The third-order valence-electron chi connectivity index (χ3n) is 1.86. The predicted octanol–water partition coefficient (Wildman–Crippen LogP) is 2.92. The lowest BCUT2D eigenvalue weighted by atomic mass is 10.2. The molecule has 0 spiro atoms. The van der Waals surface area contributed by atoms with E-state index in [1.807, 2.05) is 12.1 Å². The van der Waals surface area contributed by atoms with Crippen molar-refractivity contribution in [3.05, 3.63) is 40.9 Å². The number of halogens is 2. The Morgan fingerprint density at radius 2 is 2.21 bits per heavy atom. The summed E-state index contributed by atoms with van der Waals surface area (Å²) in [6.45, 7) is 0. The molecule has 0 N–H and O–H groups in total. The number of hydrogen-bond donors (Lipinski definition) is 0. The number of alkyl halides is 1. The van der Waals surface area contributed by atoms with E-state index in [0.29, 0.717) is 0 Å². The van der Waals surface area contributed by atoms with Gasteiger partial charge >= 0.3 is 0 Å². The maximum absolute atomic E-state index is 4.06. The quantitative estimate of drug-likeness (QED) is 0.798. The number of rotatable bonds is 2. The molecule has 14 heavy (non-hydrogen) atoms. The lowest BCUT2D eigenvalue weighted by Crippen LogP contribution is -1.94. The van der Waals surface area contributed by atoms with E-state index >= 15 is 0 Å². The van der Waals surface area contributed by atoms with Gasteiger partial charge in [-0.15, -0.1) is 0 Å². The molecule has 0 unspecified atom stereocenters. The normalized spacial score (nSPS) is 10.4. The van der Waals surface area contributed by atoms with E-state index in [0.717, 1.165) is 15.5 Å². The number of hydrogen-bond acceptors (Lipinski definition) is 2. The Hall–Kier alpha value is -0.680. The third-order valence-corrected chi connectivity index (χ3v) is 3.21. The van der Waals surface area contributed by atoms with Crippen molar-refractivity contribution < 1.29 is 0 Å². The van der Waals surface area contributed by atoms with Crippen molar-refractivity contribution in [3.63, 3.8) is 0 Å². The molecule has 0 aliphatic heterocycles. The molecule has 0 saturated heterocycles. The molecule has 0 bridgehead atoms. The van der Waals surface area contributed by atoms with Gasteiger partial charge in [-0.2, -0.15) is 5.10 Å². The second-order valence-electron chi connectivity index (χ2n) is 2.75. The van der Waals surface area contributed by atoms with Crippen molar-refractivity contribution in [1.82, 2.24) is 14.8 Å². The van der Waals surface area contributed by atoms with Crippen LogP contribution in [-0.4, -0.2) is 14.8 Å². The zero-order chi connectivity index (χ0) is 9.97. The minimum absolute atomic E-state index is 0.839. The molecular formula is C9H7Br2N3. The topological polar surface area (TPSA) is 30.7 Å². The van der Waals surface area contributed by atoms with Crippen molar-refractivity contribution in [3.8, 4) is 5.69 Å². The summed E-state index contributed by atoms with van der Waals surface area (Å²) in [6, 6.07) is 6.08. The fourth-order valence-electron chi connectivity index (χ4n) is 1.13. The SMILES string of the molecule is BrCc1ccc(-n2cncn2)cc1Br. The van der Waals surface area contributed by atoms with E-state index in [2.05, 4.69) is 48.0 Å². The van der Waals surface area contributed by atoms with Gasteiger partial charge < -0.3 is 0 Å². The summed E-state index contributed by atoms with van der Waals surface area (Å²) >= 11 is 6.92. The standard InChI is InChI=1S/C9H7Br2N3/c10-4-7-1-2-8(3-9(7)11)14-6-12-5-13-14/h1-3,5-6H,4H2. The summed E-state index contributed by atoms with van der Waals surface area (Å²) in [4.78, 5) is 3.90. The molecule has 0 aliphatic carbocycles. The van der Waals surface area contributed by atoms with E-state index in [-0.39, 0.29) is 0 Å². The lowest BCUT2D eigenvalue weighted by molar-refractivity contribution is 0.877. The lowest BCUT2D eigenvalue weighted by Gasteiger charge is -2.04. The van der Waals surface area contributed by atoms with Crippen molar-refractivity contribution in [2.24, 2.45) is 0 Å². The second kappa shape index (κ2) is 4.23. The fourth-order valence-corrected chi connectivity index (χ4v) is 2.50. The van der Waals surface area contributed by atoms with Crippen molar-refractivity contribution in [2.45, 2.75) is 5.33 Å². The molecule has 0 fully saturated rings. The minimum Gasteiger partial charge on any atom is -0.223 e. The Labute approximate surface area is 98.4 Å². The van der Waals surface area contributed by atoms with Gasteiger partial charge in [0.1, 0.15) is 12.7 Å². The molecule has 0 aliphatic rings. The van der Waals surface area contributed by atoms with Crippen molar-refractivity contribution >= 4 is 31.9 Å². The maximum Gasteiger partial charge on any atom is 0.138 e. The Kier molecular flexibility index (Phi) is 2.98. The van der Waals surface area contributed by atoms with Gasteiger partial charge in [-0.05, 0) is 17.7 Å². The molecule has 1 heterocycles. The van der Waals surface area contributed by atoms with Crippen molar-refractivity contribution in [2.75, 3.05) is 0 Å². The molecule has 2 rings (SSSR count). The zero-order valence-electron chi connectivity index (χ0n) is 7.19. The minimum atomic E-state index is 0.839. The largest absolute Gasteiger partial charge is 0.223 e. The summed E-state index contributed by atoms with van der Waals surface area (Å²) in [5.74, 6) is 0. The molecule has 0 saturated carbocycles. The summed E-state index contributed by atoms with van der Waals surface area (Å²) in [5, 5.41) is 4.89. The molecule has 3 nitrogen and oxygen atoms in total. The van der Waals surface area contributed by atoms with E-state index in [9.17, 15) is 0 Å². The fraction of sp³-hybridized carbons (Fsp3) is 0.111. The highest BCUT2D eigenvalue weighted by Gasteiger charge is 2.01. The van der Waals surface area contributed by atoms with Gasteiger partial charge in [0.05, 0.1) is 5.69 Å². The summed E-state index contributed by atoms with van der Waals surface area (Å²) < 4.78 is 2.80. The van der Waals surface area contributed by atoms with Gasteiger partial charge in [0.25, 0.3) is 0 Å². The van der Waals surface area contributed by atoms with Gasteiger partial charge in [-0.25, -0.2) is 9.67 Å². The van der Waals surface area contributed by atoms with Crippen LogP contribution in [0.3, 0.4) is 0 Å². The highest BCUT2D eigenvalue weighted by Crippen LogP contribution is 2.22. The molecular weight excluding hydrogens is 310 g/mol. The Morgan fingerprint density at radius 1 is 1.36 bits per heavy atom. The van der Waals surface area contributed by atoms with Crippen LogP contribution in [0.4, 0.5) is 0 Å². The van der Waals surface area contributed by atoms with Crippen LogP contribution in [0, 0.1) is 0 Å². The molecule has 1 aromatic heterocycles. The Balaban J connectivity index is 2.43. The Morgan fingerprint density at radius 3 is 2.79 bits per heavy atom. The van der Waals surface area contributed by atoms with Crippen molar-refractivity contribution in [1.29, 1.82) is 0 Å². The molecule has 1 aromatic carbocycles. The van der Waals surface area contributed by atoms with Gasteiger partial charge in [0.2, 0.25) is 0 Å². The average Bonchev–Trinajstić information content (AvgIpc) is 2.70. The van der Waals surface area contributed by atoms with Crippen LogP contribution in [0.15, 0.2) is 35.3 Å². The van der Waals surface area contributed by atoms with Gasteiger partial charge in [0.15, 0.2) is 0 Å². The summed E-state index contributed by atoms with van der Waals surface area (Å²) in [7, 11) is 0. The molecule has 0 radical (unpaired) electrons. The van der Waals surface area contributed by atoms with E-state index in [1.165, 1.54) is 11.9 Å². The van der Waals surface area contributed by atoms with Crippen LogP contribution in [-0.2, 0) is 5.33 Å². The van der Waals surface area contributed by atoms with E-state index in [4.69, 9.17) is 0 Å². The molecule has 2 aromatic rings. The van der Waals surface area contributed by atoms with Crippen LogP contribution >= 0.6 is 31.9 Å². The number of nitrogens with zero attached hydrogens (tertiary/aromatic N) is 3. The summed E-state index contributed by atoms with van der Waals surface area (Å²) in [5.41, 5.74) is 2.22. The van der Waals surface area contributed by atoms with Gasteiger partial charge in [0, 0.05) is 9.80 Å². The average molecular weight is 317 g/mol. The highest BCUT2D eigenvalue weighted by molar-refractivity contribution is 9.10. The van der Waals surface area contributed by atoms with Gasteiger partial charge in [-0.1, -0.05) is 37.9 Å². The monoisotopic (exact) mass is 315 g/mol. The smallest absolute Gasteiger partial charge is 0.138 e. The van der Waals surface area contributed by atoms with E-state index < -0.39 is 0 Å². The van der Waals surface area contributed by atoms with E-state index in [1.54, 1.807) is 11.0 Å². The predicted molar refractivity (Wildman–Crippen MR) is 61.7 cm³/mol. The van der Waals surface area contributed by atoms with Crippen LogP contribution in [0.5, 0.6) is 0 Å². The van der Waals surface area contributed by atoms with Gasteiger partial charge in [-0.3, -0.25) is 0 Å². The molecule has 72 valence electrons. The highest BCUT2D eigenvalue weighted by atomic mass is 79.9. The first-order valence-electron chi connectivity index (χ1n) is 4.00. The third kappa shape index (κ3) is 1.88. The summed E-state index contributed by atoms with van der Waals surface area (Å²) in [6.07, 6.45) is 3.20. The van der Waals surface area contributed by atoms with Crippen LogP contribution in [0.25, 0.3) is 5.69 Å². The second-order valence-corrected chi connectivity index (χ2v) is 4.16. The van der Waals surface area contributed by atoms with Crippen LogP contribution < -0.4 is 0 Å². The zero-order valence-corrected chi connectivity index (χ0v) is 10.4. The molecule has 0 atom stereocenters. The number of aromatic nitrogens is 3. The Bertz CT molecular complexity index is 426. The molecule has 5 heteroatoms.